The Morgan fingerprint density at radius 2 is 1.92 bits per heavy atom. The molecule has 0 saturated heterocycles. The van der Waals surface area contributed by atoms with Crippen LogP contribution in [0.2, 0.25) is 0 Å². The zero-order chi connectivity index (χ0) is 10.3. The first-order valence-corrected chi connectivity index (χ1v) is 5.41. The van der Waals surface area contributed by atoms with Crippen molar-refractivity contribution in [1.29, 1.82) is 0 Å². The zero-order valence-corrected chi connectivity index (χ0v) is 9.80. The highest BCUT2D eigenvalue weighted by atomic mass is 14.1. The summed E-state index contributed by atoms with van der Waals surface area (Å²) in [5.74, 6) is 1.58. The zero-order valence-electron chi connectivity index (χ0n) is 9.80. The van der Waals surface area contributed by atoms with Crippen LogP contribution in [0, 0.1) is 11.8 Å². The largest absolute Gasteiger partial charge is 0.0877 e. The fraction of sp³-hybridized carbons (Fsp3) is 0.692. The van der Waals surface area contributed by atoms with Crippen molar-refractivity contribution >= 4 is 0 Å². The topological polar surface area (TPSA) is 0 Å². The van der Waals surface area contributed by atoms with E-state index in [9.17, 15) is 0 Å². The molecule has 0 heterocycles. The lowest BCUT2D eigenvalue weighted by atomic mass is 9.88. The monoisotopic (exact) mass is 180 g/mol. The third kappa shape index (κ3) is 5.68. The molecule has 0 aromatic heterocycles. The van der Waals surface area contributed by atoms with Gasteiger partial charge in [0.15, 0.2) is 0 Å². The summed E-state index contributed by atoms with van der Waals surface area (Å²) in [6.45, 7) is 11.2. The summed E-state index contributed by atoms with van der Waals surface area (Å²) in [4.78, 5) is 0. The van der Waals surface area contributed by atoms with Gasteiger partial charge in [-0.25, -0.2) is 0 Å². The first-order chi connectivity index (χ1) is 6.11. The van der Waals surface area contributed by atoms with Crippen LogP contribution in [-0.4, -0.2) is 0 Å². The van der Waals surface area contributed by atoms with Crippen LogP contribution in [-0.2, 0) is 0 Å². The molecule has 1 atom stereocenters. The molecule has 0 aliphatic heterocycles. The second kappa shape index (κ2) is 6.94. The van der Waals surface area contributed by atoms with Gasteiger partial charge >= 0.3 is 0 Å². The molecule has 0 saturated carbocycles. The Morgan fingerprint density at radius 1 is 1.31 bits per heavy atom. The molecule has 0 amide bonds. The van der Waals surface area contributed by atoms with Crippen LogP contribution < -0.4 is 0 Å². The van der Waals surface area contributed by atoms with Crippen LogP contribution in [0.5, 0.6) is 0 Å². The fourth-order valence-corrected chi connectivity index (χ4v) is 1.63. The molecule has 0 fully saturated rings. The summed E-state index contributed by atoms with van der Waals surface area (Å²) in [5, 5.41) is 0. The Hall–Kier alpha value is -0.520. The fourth-order valence-electron chi connectivity index (χ4n) is 1.63. The Balaban J connectivity index is 4.21. The predicted molar refractivity (Wildman–Crippen MR) is 61.8 cm³/mol. The van der Waals surface area contributed by atoms with E-state index in [0.717, 1.165) is 11.8 Å². The molecule has 0 spiro atoms. The highest BCUT2D eigenvalue weighted by Gasteiger charge is 2.09. The maximum absolute atomic E-state index is 2.30. The maximum atomic E-state index is 2.30. The SMILES string of the molecule is CC=CC=C(C)C(CC)CC(C)C. The average molecular weight is 180 g/mol. The minimum Gasteiger partial charge on any atom is -0.0877 e. The van der Waals surface area contributed by atoms with Crippen molar-refractivity contribution in [3.05, 3.63) is 23.8 Å². The van der Waals surface area contributed by atoms with Crippen molar-refractivity contribution in [1.82, 2.24) is 0 Å². The molecule has 76 valence electrons. The third-order valence-corrected chi connectivity index (χ3v) is 2.44. The van der Waals surface area contributed by atoms with E-state index in [2.05, 4.69) is 52.8 Å². The summed E-state index contributed by atoms with van der Waals surface area (Å²) in [5.41, 5.74) is 1.52. The molecule has 0 aliphatic rings. The van der Waals surface area contributed by atoms with E-state index in [4.69, 9.17) is 0 Å². The molecule has 0 aromatic rings. The molecule has 0 aliphatic carbocycles. The van der Waals surface area contributed by atoms with E-state index in [-0.39, 0.29) is 0 Å². The summed E-state index contributed by atoms with van der Waals surface area (Å²) in [6, 6.07) is 0. The Bertz CT molecular complexity index is 172. The minimum atomic E-state index is 0.774. The summed E-state index contributed by atoms with van der Waals surface area (Å²) in [7, 11) is 0. The smallest absolute Gasteiger partial charge is 0.0203 e. The molecular formula is C13H24. The van der Waals surface area contributed by atoms with Gasteiger partial charge in [0.05, 0.1) is 0 Å². The molecule has 0 rings (SSSR count). The summed E-state index contributed by atoms with van der Waals surface area (Å²) in [6.07, 6.45) is 9.05. The van der Waals surface area contributed by atoms with Gasteiger partial charge in [-0.05, 0) is 38.5 Å². The Morgan fingerprint density at radius 3 is 2.31 bits per heavy atom. The van der Waals surface area contributed by atoms with Crippen LogP contribution in [0.4, 0.5) is 0 Å². The molecule has 13 heavy (non-hydrogen) atoms. The Labute approximate surface area is 83.7 Å². The molecule has 0 aromatic carbocycles. The maximum Gasteiger partial charge on any atom is -0.0203 e. The predicted octanol–water partition coefficient (Wildman–Crippen LogP) is 4.58. The van der Waals surface area contributed by atoms with E-state index in [1.807, 2.05) is 0 Å². The minimum absolute atomic E-state index is 0.774. The molecule has 0 N–H and O–H groups in total. The molecular weight excluding hydrogens is 156 g/mol. The van der Waals surface area contributed by atoms with Gasteiger partial charge in [-0.15, -0.1) is 0 Å². The molecule has 1 unspecified atom stereocenters. The normalized spacial score (nSPS) is 15.7. The number of rotatable bonds is 5. The molecule has 0 radical (unpaired) electrons. The van der Waals surface area contributed by atoms with Crippen molar-refractivity contribution < 1.29 is 0 Å². The van der Waals surface area contributed by atoms with Crippen molar-refractivity contribution in [3.63, 3.8) is 0 Å². The second-order valence-corrected chi connectivity index (χ2v) is 4.17. The van der Waals surface area contributed by atoms with Crippen LogP contribution in [0.1, 0.15) is 47.5 Å². The van der Waals surface area contributed by atoms with Gasteiger partial charge in [0.2, 0.25) is 0 Å². The van der Waals surface area contributed by atoms with Crippen LogP contribution in [0.3, 0.4) is 0 Å². The van der Waals surface area contributed by atoms with E-state index in [0.29, 0.717) is 0 Å². The quantitative estimate of drug-likeness (QED) is 0.543. The lowest BCUT2D eigenvalue weighted by molar-refractivity contribution is 0.447. The van der Waals surface area contributed by atoms with Gasteiger partial charge < -0.3 is 0 Å². The van der Waals surface area contributed by atoms with Gasteiger partial charge in [0, 0.05) is 0 Å². The highest BCUT2D eigenvalue weighted by molar-refractivity contribution is 5.12. The standard InChI is InChI=1S/C13H24/c1-6-8-9-12(5)13(7-2)10-11(3)4/h6,8-9,11,13H,7,10H2,1-5H3. The van der Waals surface area contributed by atoms with Crippen LogP contribution in [0.25, 0.3) is 0 Å². The third-order valence-electron chi connectivity index (χ3n) is 2.44. The number of hydrogen-bond acceptors (Lipinski definition) is 0. The van der Waals surface area contributed by atoms with E-state index < -0.39 is 0 Å². The van der Waals surface area contributed by atoms with Gasteiger partial charge in [0.1, 0.15) is 0 Å². The molecule has 0 nitrogen and oxygen atoms in total. The van der Waals surface area contributed by atoms with Crippen molar-refractivity contribution in [2.75, 3.05) is 0 Å². The lowest BCUT2D eigenvalue weighted by Crippen LogP contribution is -2.04. The van der Waals surface area contributed by atoms with Crippen molar-refractivity contribution in [2.24, 2.45) is 11.8 Å². The van der Waals surface area contributed by atoms with Gasteiger partial charge in [-0.2, -0.15) is 0 Å². The second-order valence-electron chi connectivity index (χ2n) is 4.17. The van der Waals surface area contributed by atoms with E-state index >= 15 is 0 Å². The Kier molecular flexibility index (Phi) is 6.66. The highest BCUT2D eigenvalue weighted by Crippen LogP contribution is 2.22. The van der Waals surface area contributed by atoms with Crippen LogP contribution >= 0.6 is 0 Å². The molecule has 0 heteroatoms. The lowest BCUT2D eigenvalue weighted by Gasteiger charge is -2.17. The first kappa shape index (κ1) is 12.5. The number of allylic oxidation sites excluding steroid dienone is 4. The average Bonchev–Trinajstić information content (AvgIpc) is 2.09. The first-order valence-electron chi connectivity index (χ1n) is 5.41. The van der Waals surface area contributed by atoms with Crippen LogP contribution in [0.15, 0.2) is 23.8 Å². The van der Waals surface area contributed by atoms with Crippen molar-refractivity contribution in [2.45, 2.75) is 47.5 Å². The summed E-state index contributed by atoms with van der Waals surface area (Å²) < 4.78 is 0. The summed E-state index contributed by atoms with van der Waals surface area (Å²) >= 11 is 0. The van der Waals surface area contributed by atoms with Gasteiger partial charge in [-0.1, -0.05) is 44.6 Å². The van der Waals surface area contributed by atoms with Gasteiger partial charge in [0.25, 0.3) is 0 Å². The van der Waals surface area contributed by atoms with E-state index in [1.165, 1.54) is 18.4 Å². The number of hydrogen-bond donors (Lipinski definition) is 0. The van der Waals surface area contributed by atoms with E-state index in [1.54, 1.807) is 0 Å². The van der Waals surface area contributed by atoms with Crippen molar-refractivity contribution in [3.8, 4) is 0 Å². The molecule has 0 bridgehead atoms. The van der Waals surface area contributed by atoms with Gasteiger partial charge in [-0.3, -0.25) is 0 Å².